The molecule has 1 aromatic carbocycles. The Morgan fingerprint density at radius 3 is 2.81 bits per heavy atom. The predicted octanol–water partition coefficient (Wildman–Crippen LogP) is 2.74. The topological polar surface area (TPSA) is 42.1 Å². The summed E-state index contributed by atoms with van der Waals surface area (Å²) in [6, 6.07) is 10.0. The number of ether oxygens (including phenoxy) is 1. The summed E-state index contributed by atoms with van der Waals surface area (Å²) in [7, 11) is 1.37. The van der Waals surface area contributed by atoms with E-state index in [0.29, 0.717) is 0 Å². The molecule has 16 heavy (non-hydrogen) atoms. The van der Waals surface area contributed by atoms with Gasteiger partial charge in [0.2, 0.25) is 0 Å². The van der Waals surface area contributed by atoms with Crippen LogP contribution in [0.3, 0.4) is 0 Å². The minimum Gasteiger partial charge on any atom is -0.466 e. The van der Waals surface area contributed by atoms with Crippen molar-refractivity contribution in [3.63, 3.8) is 0 Å². The molecule has 1 N–H and O–H groups in total. The molecule has 0 aliphatic rings. The van der Waals surface area contributed by atoms with Gasteiger partial charge in [-0.25, -0.2) is 4.79 Å². The number of H-pyrrole nitrogens is 1. The minimum atomic E-state index is -0.337. The van der Waals surface area contributed by atoms with Crippen LogP contribution in [0.25, 0.3) is 16.5 Å². The first-order valence-electron chi connectivity index (χ1n) is 5.05. The number of esters is 1. The van der Waals surface area contributed by atoms with Gasteiger partial charge in [-0.3, -0.25) is 0 Å². The van der Waals surface area contributed by atoms with E-state index in [9.17, 15) is 4.79 Å². The third-order valence-electron chi connectivity index (χ3n) is 2.49. The summed E-state index contributed by atoms with van der Waals surface area (Å²) in [4.78, 5) is 14.3. The Kier molecular flexibility index (Phi) is 2.77. The van der Waals surface area contributed by atoms with Gasteiger partial charge in [0.25, 0.3) is 0 Å². The van der Waals surface area contributed by atoms with Crippen molar-refractivity contribution in [2.24, 2.45) is 0 Å². The molecule has 0 saturated heterocycles. The minimum absolute atomic E-state index is 0.337. The number of hydrogen-bond donors (Lipinski definition) is 1. The molecule has 0 aliphatic carbocycles. The molecule has 2 aromatic rings. The number of carbonyl (C=O) groups excluding carboxylic acids is 1. The third-order valence-corrected chi connectivity index (χ3v) is 2.49. The molecule has 2 rings (SSSR count). The maximum absolute atomic E-state index is 11.1. The Morgan fingerprint density at radius 2 is 2.12 bits per heavy atom. The average molecular weight is 215 g/mol. The van der Waals surface area contributed by atoms with Crippen molar-refractivity contribution in [2.45, 2.75) is 6.92 Å². The maximum Gasteiger partial charge on any atom is 0.330 e. The van der Waals surface area contributed by atoms with Crippen LogP contribution in [-0.4, -0.2) is 18.1 Å². The monoisotopic (exact) mass is 215 g/mol. The second-order valence-electron chi connectivity index (χ2n) is 3.62. The summed E-state index contributed by atoms with van der Waals surface area (Å²) < 4.78 is 4.59. The summed E-state index contributed by atoms with van der Waals surface area (Å²) >= 11 is 0. The fourth-order valence-corrected chi connectivity index (χ4v) is 1.60. The molecular formula is C13H13NO2. The molecule has 3 heteroatoms. The lowest BCUT2D eigenvalue weighted by Crippen LogP contribution is -1.95. The molecule has 82 valence electrons. The van der Waals surface area contributed by atoms with Crippen LogP contribution in [0, 0.1) is 0 Å². The van der Waals surface area contributed by atoms with Crippen molar-refractivity contribution in [3.05, 3.63) is 42.1 Å². The molecule has 0 aliphatic heterocycles. The normalized spacial score (nSPS) is 11.8. The van der Waals surface area contributed by atoms with Gasteiger partial charge in [0.1, 0.15) is 0 Å². The standard InChI is InChI=1S/C13H13NO2/c1-9(7-13(15)16-2)12-8-10-5-3-4-6-11(10)14-12/h3-8,14H,1-2H3/b9-7+. The molecule has 3 nitrogen and oxygen atoms in total. The van der Waals surface area contributed by atoms with E-state index in [-0.39, 0.29) is 5.97 Å². The van der Waals surface area contributed by atoms with Crippen molar-refractivity contribution in [1.82, 2.24) is 4.98 Å². The highest BCUT2D eigenvalue weighted by Crippen LogP contribution is 2.20. The number of nitrogens with one attached hydrogen (secondary N) is 1. The summed E-state index contributed by atoms with van der Waals surface area (Å²) in [6.07, 6.45) is 1.48. The predicted molar refractivity (Wildman–Crippen MR) is 64.0 cm³/mol. The number of methoxy groups -OCH3 is 1. The van der Waals surface area contributed by atoms with Gasteiger partial charge < -0.3 is 9.72 Å². The Bertz CT molecular complexity index is 519. The summed E-state index contributed by atoms with van der Waals surface area (Å²) in [5.74, 6) is -0.337. The van der Waals surface area contributed by atoms with Crippen LogP contribution in [0.1, 0.15) is 12.6 Å². The van der Waals surface area contributed by atoms with Crippen LogP contribution in [0.5, 0.6) is 0 Å². The third kappa shape index (κ3) is 1.98. The van der Waals surface area contributed by atoms with Crippen LogP contribution in [-0.2, 0) is 9.53 Å². The second kappa shape index (κ2) is 4.23. The Balaban J connectivity index is 2.40. The van der Waals surface area contributed by atoms with Gasteiger partial charge in [0, 0.05) is 17.3 Å². The number of hydrogen-bond acceptors (Lipinski definition) is 2. The van der Waals surface area contributed by atoms with Crippen molar-refractivity contribution >= 4 is 22.4 Å². The summed E-state index contributed by atoms with van der Waals surface area (Å²) in [6.45, 7) is 1.88. The van der Waals surface area contributed by atoms with E-state index in [0.717, 1.165) is 22.2 Å². The Labute approximate surface area is 93.7 Å². The number of allylic oxidation sites excluding steroid dienone is 1. The highest BCUT2D eigenvalue weighted by atomic mass is 16.5. The first kappa shape index (κ1) is 10.5. The first-order chi connectivity index (χ1) is 7.70. The molecule has 0 atom stereocenters. The molecule has 0 bridgehead atoms. The Hall–Kier alpha value is -2.03. The lowest BCUT2D eigenvalue weighted by molar-refractivity contribution is -0.134. The summed E-state index contributed by atoms with van der Waals surface area (Å²) in [5.41, 5.74) is 2.87. The number of carbonyl (C=O) groups is 1. The van der Waals surface area contributed by atoms with Gasteiger partial charge in [-0.15, -0.1) is 0 Å². The Morgan fingerprint density at radius 1 is 1.38 bits per heavy atom. The van der Waals surface area contributed by atoms with Crippen LogP contribution in [0.4, 0.5) is 0 Å². The number of benzene rings is 1. The molecule has 0 fully saturated rings. The molecular weight excluding hydrogens is 202 g/mol. The number of rotatable bonds is 2. The van der Waals surface area contributed by atoms with Crippen molar-refractivity contribution < 1.29 is 9.53 Å². The van der Waals surface area contributed by atoms with Crippen LogP contribution in [0.15, 0.2) is 36.4 Å². The van der Waals surface area contributed by atoms with E-state index in [1.165, 1.54) is 13.2 Å². The molecule has 0 amide bonds. The first-order valence-corrected chi connectivity index (χ1v) is 5.05. The lowest BCUT2D eigenvalue weighted by atomic mass is 10.2. The molecule has 1 heterocycles. The fraction of sp³-hybridized carbons (Fsp3) is 0.154. The fourth-order valence-electron chi connectivity index (χ4n) is 1.60. The largest absolute Gasteiger partial charge is 0.466 e. The van der Waals surface area contributed by atoms with E-state index in [2.05, 4.69) is 9.72 Å². The van der Waals surface area contributed by atoms with E-state index in [1.807, 2.05) is 37.3 Å². The second-order valence-corrected chi connectivity index (χ2v) is 3.62. The number of fused-ring (bicyclic) bond motifs is 1. The summed E-state index contributed by atoms with van der Waals surface area (Å²) in [5, 5.41) is 1.13. The van der Waals surface area contributed by atoms with Gasteiger partial charge in [-0.2, -0.15) is 0 Å². The maximum atomic E-state index is 11.1. The highest BCUT2D eigenvalue weighted by molar-refractivity contribution is 5.92. The molecule has 0 spiro atoms. The van der Waals surface area contributed by atoms with E-state index >= 15 is 0 Å². The number of aromatic nitrogens is 1. The molecule has 0 saturated carbocycles. The smallest absolute Gasteiger partial charge is 0.330 e. The van der Waals surface area contributed by atoms with Gasteiger partial charge in [0.15, 0.2) is 0 Å². The van der Waals surface area contributed by atoms with Crippen molar-refractivity contribution in [3.8, 4) is 0 Å². The zero-order chi connectivity index (χ0) is 11.5. The van der Waals surface area contributed by atoms with Crippen molar-refractivity contribution in [1.29, 1.82) is 0 Å². The highest BCUT2D eigenvalue weighted by Gasteiger charge is 2.03. The van der Waals surface area contributed by atoms with Crippen LogP contribution >= 0.6 is 0 Å². The number of aromatic amines is 1. The lowest BCUT2D eigenvalue weighted by Gasteiger charge is -1.96. The zero-order valence-corrected chi connectivity index (χ0v) is 9.28. The molecule has 0 unspecified atom stereocenters. The van der Waals surface area contributed by atoms with Crippen LogP contribution in [0.2, 0.25) is 0 Å². The molecule has 1 aromatic heterocycles. The SMILES string of the molecule is COC(=O)/C=C(\C)c1cc2ccccc2[nH]1. The molecule has 0 radical (unpaired) electrons. The van der Waals surface area contributed by atoms with E-state index in [4.69, 9.17) is 0 Å². The number of para-hydroxylation sites is 1. The zero-order valence-electron chi connectivity index (χ0n) is 9.28. The van der Waals surface area contributed by atoms with Gasteiger partial charge in [-0.1, -0.05) is 18.2 Å². The van der Waals surface area contributed by atoms with Gasteiger partial charge in [0.05, 0.1) is 7.11 Å². The van der Waals surface area contributed by atoms with Gasteiger partial charge >= 0.3 is 5.97 Å². The van der Waals surface area contributed by atoms with E-state index in [1.54, 1.807) is 0 Å². The van der Waals surface area contributed by atoms with Gasteiger partial charge in [-0.05, 0) is 30.0 Å². The average Bonchev–Trinajstić information content (AvgIpc) is 2.72. The quantitative estimate of drug-likeness (QED) is 0.618. The van der Waals surface area contributed by atoms with Crippen molar-refractivity contribution in [2.75, 3.05) is 7.11 Å². The van der Waals surface area contributed by atoms with Crippen LogP contribution < -0.4 is 0 Å². The van der Waals surface area contributed by atoms with E-state index < -0.39 is 0 Å².